The molecule has 1 atom stereocenters. The van der Waals surface area contributed by atoms with Gasteiger partial charge < -0.3 is 25.0 Å². The highest BCUT2D eigenvalue weighted by atomic mass is 16.5. The fourth-order valence-electron chi connectivity index (χ4n) is 4.56. The van der Waals surface area contributed by atoms with Crippen molar-refractivity contribution in [3.05, 3.63) is 54.1 Å². The van der Waals surface area contributed by atoms with Crippen LogP contribution in [0.2, 0.25) is 0 Å². The summed E-state index contributed by atoms with van der Waals surface area (Å²) in [5.41, 5.74) is 1.58. The molecule has 2 N–H and O–H groups in total. The molecular formula is C28H36N4O5. The predicted molar refractivity (Wildman–Crippen MR) is 142 cm³/mol. The zero-order chi connectivity index (χ0) is 26.2. The fraction of sp³-hybridized carbons (Fsp3) is 0.464. The van der Waals surface area contributed by atoms with Gasteiger partial charge in [0.25, 0.3) is 5.91 Å². The van der Waals surface area contributed by atoms with E-state index < -0.39 is 5.92 Å². The van der Waals surface area contributed by atoms with Crippen LogP contribution in [0.5, 0.6) is 5.75 Å². The first kappa shape index (κ1) is 26.6. The Hall–Kier alpha value is -3.43. The molecule has 4 rings (SSSR count). The number of para-hydroxylation sites is 1. The van der Waals surface area contributed by atoms with Crippen LogP contribution >= 0.6 is 0 Å². The van der Waals surface area contributed by atoms with Crippen molar-refractivity contribution in [3.63, 3.8) is 0 Å². The Morgan fingerprint density at radius 1 is 1.08 bits per heavy atom. The van der Waals surface area contributed by atoms with Gasteiger partial charge in [-0.1, -0.05) is 12.1 Å². The highest BCUT2D eigenvalue weighted by Gasteiger charge is 2.35. The maximum atomic E-state index is 13.1. The molecule has 0 spiro atoms. The predicted octanol–water partition coefficient (Wildman–Crippen LogP) is 2.92. The first-order chi connectivity index (χ1) is 17.9. The topological polar surface area (TPSA) is 100 Å². The molecule has 0 saturated carbocycles. The second-order valence-corrected chi connectivity index (χ2v) is 9.66. The first-order valence-electron chi connectivity index (χ1n) is 13.0. The van der Waals surface area contributed by atoms with Gasteiger partial charge in [0.2, 0.25) is 11.8 Å². The number of ether oxygens (including phenoxy) is 2. The summed E-state index contributed by atoms with van der Waals surface area (Å²) in [7, 11) is 0. The van der Waals surface area contributed by atoms with Crippen molar-refractivity contribution in [3.8, 4) is 5.75 Å². The van der Waals surface area contributed by atoms with Gasteiger partial charge in [-0.3, -0.25) is 19.3 Å². The summed E-state index contributed by atoms with van der Waals surface area (Å²) < 4.78 is 11.0. The summed E-state index contributed by atoms with van der Waals surface area (Å²) in [5, 5.41) is 5.83. The van der Waals surface area contributed by atoms with Crippen molar-refractivity contribution in [2.24, 2.45) is 5.92 Å². The molecular weight excluding hydrogens is 472 g/mol. The molecule has 3 amide bonds. The van der Waals surface area contributed by atoms with Crippen LogP contribution in [0, 0.1) is 5.92 Å². The molecule has 0 aromatic heterocycles. The van der Waals surface area contributed by atoms with Crippen molar-refractivity contribution >= 4 is 29.1 Å². The van der Waals surface area contributed by atoms with Gasteiger partial charge in [-0.05, 0) is 63.2 Å². The molecule has 2 heterocycles. The van der Waals surface area contributed by atoms with Gasteiger partial charge in [-0.2, -0.15) is 0 Å². The Balaban J connectivity index is 1.30. The van der Waals surface area contributed by atoms with Crippen molar-refractivity contribution in [1.82, 2.24) is 10.2 Å². The highest BCUT2D eigenvalue weighted by molar-refractivity contribution is 6.07. The van der Waals surface area contributed by atoms with E-state index in [0.717, 1.165) is 50.7 Å². The van der Waals surface area contributed by atoms with E-state index in [4.69, 9.17) is 9.47 Å². The molecule has 2 aliphatic rings. The summed E-state index contributed by atoms with van der Waals surface area (Å²) in [5.74, 6) is -0.391. The van der Waals surface area contributed by atoms with Gasteiger partial charge in [-0.25, -0.2) is 0 Å². The summed E-state index contributed by atoms with van der Waals surface area (Å²) >= 11 is 0. The summed E-state index contributed by atoms with van der Waals surface area (Å²) in [6.07, 6.45) is 1.02. The molecule has 2 aromatic rings. The van der Waals surface area contributed by atoms with E-state index >= 15 is 0 Å². The molecule has 37 heavy (non-hydrogen) atoms. The molecule has 2 aromatic carbocycles. The van der Waals surface area contributed by atoms with E-state index in [2.05, 4.69) is 15.5 Å². The van der Waals surface area contributed by atoms with E-state index in [1.807, 2.05) is 38.1 Å². The highest BCUT2D eigenvalue weighted by Crippen LogP contribution is 2.28. The second kappa shape index (κ2) is 12.7. The molecule has 9 heteroatoms. The van der Waals surface area contributed by atoms with Crippen LogP contribution in [0.3, 0.4) is 0 Å². The number of benzene rings is 2. The number of morpholine rings is 1. The molecule has 198 valence electrons. The average molecular weight is 509 g/mol. The van der Waals surface area contributed by atoms with E-state index in [0.29, 0.717) is 17.8 Å². The Labute approximate surface area is 218 Å². The lowest BCUT2D eigenvalue weighted by Crippen LogP contribution is -2.38. The molecule has 2 aliphatic heterocycles. The van der Waals surface area contributed by atoms with Crippen LogP contribution in [-0.2, 0) is 14.3 Å². The molecule has 9 nitrogen and oxygen atoms in total. The maximum Gasteiger partial charge on any atom is 0.253 e. The normalized spacial score (nSPS) is 18.2. The van der Waals surface area contributed by atoms with Crippen LogP contribution in [-0.4, -0.2) is 74.7 Å². The van der Waals surface area contributed by atoms with Crippen LogP contribution in [0.4, 0.5) is 11.4 Å². The molecule has 0 unspecified atom stereocenters. The third kappa shape index (κ3) is 7.30. The zero-order valence-corrected chi connectivity index (χ0v) is 21.6. The number of carbonyl (C=O) groups is 3. The summed E-state index contributed by atoms with van der Waals surface area (Å²) in [4.78, 5) is 42.5. The third-order valence-corrected chi connectivity index (χ3v) is 6.49. The van der Waals surface area contributed by atoms with Crippen LogP contribution < -0.4 is 20.3 Å². The lowest BCUT2D eigenvalue weighted by molar-refractivity contribution is -0.122. The molecule has 0 radical (unpaired) electrons. The average Bonchev–Trinajstić information content (AvgIpc) is 3.29. The van der Waals surface area contributed by atoms with Crippen LogP contribution in [0.1, 0.15) is 37.0 Å². The van der Waals surface area contributed by atoms with Gasteiger partial charge in [0, 0.05) is 38.3 Å². The molecule has 2 saturated heterocycles. The van der Waals surface area contributed by atoms with Gasteiger partial charge in [0.15, 0.2) is 0 Å². The SMILES string of the molecule is CC(C)Oc1ccc(N2C[C@@H](C(=O)Nc3ccccc3C(=O)NCCCN3CCOCC3)CC2=O)cc1. The van der Waals surface area contributed by atoms with Crippen molar-refractivity contribution < 1.29 is 23.9 Å². The minimum atomic E-state index is -0.510. The number of hydrogen-bond acceptors (Lipinski definition) is 6. The van der Waals surface area contributed by atoms with Crippen LogP contribution in [0.15, 0.2) is 48.5 Å². The minimum absolute atomic E-state index is 0.0624. The standard InChI is InChI=1S/C28H36N4O5/c1-20(2)37-23-10-8-22(9-11-23)32-19-21(18-26(32)33)27(34)30-25-7-4-3-6-24(25)28(35)29-12-5-13-31-14-16-36-17-15-31/h3-4,6-11,20-21H,5,12-19H2,1-2H3,(H,29,35)(H,30,34)/t21-/m0/s1. The van der Waals surface area contributed by atoms with Gasteiger partial charge in [0.05, 0.1) is 36.5 Å². The maximum absolute atomic E-state index is 13.1. The third-order valence-electron chi connectivity index (χ3n) is 6.49. The number of amides is 3. The lowest BCUT2D eigenvalue weighted by Gasteiger charge is -2.26. The van der Waals surface area contributed by atoms with Gasteiger partial charge in [0.1, 0.15) is 5.75 Å². The van der Waals surface area contributed by atoms with E-state index in [1.165, 1.54) is 0 Å². The number of rotatable bonds is 10. The Morgan fingerprint density at radius 3 is 2.54 bits per heavy atom. The number of nitrogens with zero attached hydrogens (tertiary/aromatic N) is 2. The van der Waals surface area contributed by atoms with E-state index in [-0.39, 0.29) is 36.8 Å². The van der Waals surface area contributed by atoms with E-state index in [9.17, 15) is 14.4 Å². The molecule has 0 bridgehead atoms. The zero-order valence-electron chi connectivity index (χ0n) is 21.6. The summed E-state index contributed by atoms with van der Waals surface area (Å²) in [6.45, 7) is 8.99. The first-order valence-corrected chi connectivity index (χ1v) is 13.0. The Morgan fingerprint density at radius 2 is 1.81 bits per heavy atom. The summed E-state index contributed by atoms with van der Waals surface area (Å²) in [6, 6.07) is 14.3. The number of nitrogens with one attached hydrogen (secondary N) is 2. The van der Waals surface area contributed by atoms with Crippen molar-refractivity contribution in [2.75, 3.05) is 56.2 Å². The number of anilines is 2. The quantitative estimate of drug-likeness (QED) is 0.479. The van der Waals surface area contributed by atoms with E-state index in [1.54, 1.807) is 29.2 Å². The molecule has 0 aliphatic carbocycles. The largest absolute Gasteiger partial charge is 0.491 e. The fourth-order valence-corrected chi connectivity index (χ4v) is 4.56. The second-order valence-electron chi connectivity index (χ2n) is 9.66. The monoisotopic (exact) mass is 508 g/mol. The van der Waals surface area contributed by atoms with Crippen LogP contribution in [0.25, 0.3) is 0 Å². The Kier molecular flexibility index (Phi) is 9.14. The lowest BCUT2D eigenvalue weighted by atomic mass is 10.1. The van der Waals surface area contributed by atoms with Gasteiger partial charge >= 0.3 is 0 Å². The van der Waals surface area contributed by atoms with Crippen molar-refractivity contribution in [1.29, 1.82) is 0 Å². The smallest absolute Gasteiger partial charge is 0.253 e. The number of carbonyl (C=O) groups excluding carboxylic acids is 3. The van der Waals surface area contributed by atoms with Crippen molar-refractivity contribution in [2.45, 2.75) is 32.8 Å². The Bertz CT molecular complexity index is 1080. The molecule has 2 fully saturated rings. The van der Waals surface area contributed by atoms with Gasteiger partial charge in [-0.15, -0.1) is 0 Å². The minimum Gasteiger partial charge on any atom is -0.491 e. The number of hydrogen-bond donors (Lipinski definition) is 2.